The van der Waals surface area contributed by atoms with Gasteiger partial charge >= 0.3 is 0 Å². The molecule has 2 saturated carbocycles. The molecule has 3 heteroatoms. The van der Waals surface area contributed by atoms with Crippen molar-refractivity contribution in [3.8, 4) is 0 Å². The molecule has 1 N–H and O–H groups in total. The third kappa shape index (κ3) is 2.81. The molecular formula is C16H25N3. The smallest absolute Gasteiger partial charge is 0.132 e. The average molecular weight is 259 g/mol. The zero-order valence-electron chi connectivity index (χ0n) is 12.5. The molecule has 3 nitrogen and oxygen atoms in total. The molecule has 0 spiro atoms. The van der Waals surface area contributed by atoms with E-state index >= 15 is 0 Å². The van der Waals surface area contributed by atoms with Gasteiger partial charge in [-0.15, -0.1) is 0 Å². The molecule has 3 atom stereocenters. The molecule has 1 aromatic rings. The molecule has 104 valence electrons. The normalized spacial score (nSPS) is 27.4. The lowest BCUT2D eigenvalue weighted by atomic mass is 9.97. The molecule has 0 bridgehead atoms. The minimum Gasteiger partial charge on any atom is -0.313 e. The number of aryl methyl sites for hydroxylation is 2. The van der Waals surface area contributed by atoms with Gasteiger partial charge in [-0.3, -0.25) is 0 Å². The topological polar surface area (TPSA) is 37.8 Å². The van der Waals surface area contributed by atoms with Gasteiger partial charge in [-0.1, -0.05) is 13.8 Å². The monoisotopic (exact) mass is 259 g/mol. The highest BCUT2D eigenvalue weighted by Crippen LogP contribution is 2.45. The third-order valence-electron chi connectivity index (χ3n) is 4.57. The molecular weight excluding hydrogens is 234 g/mol. The summed E-state index contributed by atoms with van der Waals surface area (Å²) in [5, 5.41) is 3.61. The first-order chi connectivity index (χ1) is 9.06. The number of nitrogens with zero attached hydrogens (tertiary/aromatic N) is 2. The van der Waals surface area contributed by atoms with E-state index in [9.17, 15) is 0 Å². The van der Waals surface area contributed by atoms with Crippen molar-refractivity contribution < 1.29 is 0 Å². The Kier molecular flexibility index (Phi) is 3.34. The second-order valence-electron chi connectivity index (χ2n) is 6.57. The number of aromatic nitrogens is 2. The average Bonchev–Trinajstić information content (AvgIpc) is 3.21. The van der Waals surface area contributed by atoms with Gasteiger partial charge in [0, 0.05) is 29.9 Å². The second-order valence-corrected chi connectivity index (χ2v) is 6.57. The van der Waals surface area contributed by atoms with E-state index in [0.29, 0.717) is 11.8 Å². The van der Waals surface area contributed by atoms with Crippen molar-refractivity contribution in [3.05, 3.63) is 22.8 Å². The van der Waals surface area contributed by atoms with Gasteiger partial charge in [0.25, 0.3) is 0 Å². The van der Waals surface area contributed by atoms with Gasteiger partial charge in [-0.25, -0.2) is 9.97 Å². The molecule has 3 unspecified atom stereocenters. The highest BCUT2D eigenvalue weighted by atomic mass is 15.0. The Balaban J connectivity index is 1.76. The van der Waals surface area contributed by atoms with Gasteiger partial charge < -0.3 is 5.32 Å². The van der Waals surface area contributed by atoms with Crippen LogP contribution in [0.5, 0.6) is 0 Å². The van der Waals surface area contributed by atoms with Crippen LogP contribution in [0.3, 0.4) is 0 Å². The summed E-state index contributed by atoms with van der Waals surface area (Å²) < 4.78 is 0. The Hall–Kier alpha value is -0.960. The van der Waals surface area contributed by atoms with E-state index in [2.05, 4.69) is 33.0 Å². The van der Waals surface area contributed by atoms with E-state index in [-0.39, 0.29) is 0 Å². The minimum absolute atomic E-state index is 0.506. The molecule has 19 heavy (non-hydrogen) atoms. The van der Waals surface area contributed by atoms with Crippen LogP contribution in [0.2, 0.25) is 0 Å². The number of hydrogen-bond acceptors (Lipinski definition) is 3. The number of rotatable bonds is 5. The quantitative estimate of drug-likeness (QED) is 0.883. The van der Waals surface area contributed by atoms with Crippen LogP contribution in [-0.2, 0) is 0 Å². The molecule has 0 amide bonds. The van der Waals surface area contributed by atoms with E-state index in [1.165, 1.54) is 36.2 Å². The minimum atomic E-state index is 0.506. The van der Waals surface area contributed by atoms with Gasteiger partial charge in [0.05, 0.1) is 0 Å². The zero-order chi connectivity index (χ0) is 13.6. The van der Waals surface area contributed by atoms with Crippen LogP contribution < -0.4 is 5.32 Å². The van der Waals surface area contributed by atoms with Gasteiger partial charge in [-0.2, -0.15) is 0 Å². The predicted molar refractivity (Wildman–Crippen MR) is 77.5 cm³/mol. The van der Waals surface area contributed by atoms with Crippen LogP contribution in [0.1, 0.15) is 67.7 Å². The Morgan fingerprint density at radius 3 is 2.26 bits per heavy atom. The zero-order valence-corrected chi connectivity index (χ0v) is 12.5. The van der Waals surface area contributed by atoms with Gasteiger partial charge in [-0.05, 0) is 50.5 Å². The lowest BCUT2D eigenvalue weighted by molar-refractivity contribution is 0.601. The van der Waals surface area contributed by atoms with Crippen molar-refractivity contribution in [1.29, 1.82) is 0 Å². The Labute approximate surface area is 116 Å². The molecule has 0 aliphatic heterocycles. The van der Waals surface area contributed by atoms with Gasteiger partial charge in [0.2, 0.25) is 0 Å². The molecule has 2 aliphatic carbocycles. The second kappa shape index (κ2) is 4.86. The standard InChI is InChI=1S/C16H25N3/c1-9-7-14(9)16-18-11(3)15(12(4)19-16)10(2)8-17-13-5-6-13/h9-10,13-14,17H,5-8H2,1-4H3. The maximum atomic E-state index is 4.77. The fourth-order valence-corrected chi connectivity index (χ4v) is 3.04. The van der Waals surface area contributed by atoms with Crippen LogP contribution in [-0.4, -0.2) is 22.6 Å². The van der Waals surface area contributed by atoms with E-state index in [1.54, 1.807) is 0 Å². The molecule has 2 fully saturated rings. The maximum Gasteiger partial charge on any atom is 0.132 e. The Morgan fingerprint density at radius 1 is 1.21 bits per heavy atom. The molecule has 3 rings (SSSR count). The summed E-state index contributed by atoms with van der Waals surface area (Å²) in [5.74, 6) is 2.98. The van der Waals surface area contributed by atoms with E-state index < -0.39 is 0 Å². The van der Waals surface area contributed by atoms with Gasteiger partial charge in [0.15, 0.2) is 0 Å². The number of nitrogens with one attached hydrogen (secondary N) is 1. The fraction of sp³-hybridized carbons (Fsp3) is 0.750. The SMILES string of the molecule is Cc1nc(C2CC2C)nc(C)c1C(C)CNC1CC1. The fourth-order valence-electron chi connectivity index (χ4n) is 3.04. The molecule has 0 radical (unpaired) electrons. The van der Waals surface area contributed by atoms with Crippen LogP contribution >= 0.6 is 0 Å². The summed E-state index contributed by atoms with van der Waals surface area (Å²) in [6, 6.07) is 0.774. The molecule has 2 aliphatic rings. The van der Waals surface area contributed by atoms with Gasteiger partial charge in [0.1, 0.15) is 5.82 Å². The first kappa shape index (κ1) is 13.0. The van der Waals surface area contributed by atoms with Crippen LogP contribution in [0.15, 0.2) is 0 Å². The summed E-state index contributed by atoms with van der Waals surface area (Å²) in [5.41, 5.74) is 3.73. The summed E-state index contributed by atoms with van der Waals surface area (Å²) in [6.07, 6.45) is 3.95. The van der Waals surface area contributed by atoms with Crippen molar-refractivity contribution in [2.24, 2.45) is 5.92 Å². The summed E-state index contributed by atoms with van der Waals surface area (Å²) in [7, 11) is 0. The van der Waals surface area contributed by atoms with Crippen LogP contribution in [0.25, 0.3) is 0 Å². The highest BCUT2D eigenvalue weighted by Gasteiger charge is 2.37. The number of hydrogen-bond donors (Lipinski definition) is 1. The van der Waals surface area contributed by atoms with Crippen LogP contribution in [0, 0.1) is 19.8 Å². The lowest BCUT2D eigenvalue weighted by Gasteiger charge is -2.18. The van der Waals surface area contributed by atoms with E-state index in [1.807, 2.05) is 0 Å². The largest absolute Gasteiger partial charge is 0.313 e. The van der Waals surface area contributed by atoms with Crippen molar-refractivity contribution in [3.63, 3.8) is 0 Å². The first-order valence-electron chi connectivity index (χ1n) is 7.64. The Morgan fingerprint density at radius 2 is 1.79 bits per heavy atom. The molecule has 1 aromatic heterocycles. The van der Waals surface area contributed by atoms with E-state index in [4.69, 9.17) is 9.97 Å². The van der Waals surface area contributed by atoms with Crippen molar-refractivity contribution in [2.75, 3.05) is 6.54 Å². The molecule has 0 aromatic carbocycles. The Bertz CT molecular complexity index is 456. The van der Waals surface area contributed by atoms with Crippen LogP contribution in [0.4, 0.5) is 0 Å². The third-order valence-corrected chi connectivity index (χ3v) is 4.57. The summed E-state index contributed by atoms with van der Waals surface area (Å²) in [4.78, 5) is 9.54. The van der Waals surface area contributed by atoms with Crippen molar-refractivity contribution >= 4 is 0 Å². The summed E-state index contributed by atoms with van der Waals surface area (Å²) >= 11 is 0. The molecule has 0 saturated heterocycles. The van der Waals surface area contributed by atoms with Crippen molar-refractivity contribution in [1.82, 2.24) is 15.3 Å². The maximum absolute atomic E-state index is 4.77. The predicted octanol–water partition coefficient (Wildman–Crippen LogP) is 3.07. The van der Waals surface area contributed by atoms with Crippen molar-refractivity contribution in [2.45, 2.75) is 64.8 Å². The molecule has 1 heterocycles. The van der Waals surface area contributed by atoms with E-state index in [0.717, 1.165) is 24.3 Å². The lowest BCUT2D eigenvalue weighted by Crippen LogP contribution is -2.23. The summed E-state index contributed by atoms with van der Waals surface area (Å²) in [6.45, 7) is 9.92. The highest BCUT2D eigenvalue weighted by molar-refractivity contribution is 5.30. The first-order valence-corrected chi connectivity index (χ1v) is 7.64.